The SMILES string of the molecule is CCCN(Cc1c(Br)c(C)nn1CC)CC1CCCNC1. The first-order valence-electron chi connectivity index (χ1n) is 8.30. The van der Waals surface area contributed by atoms with Gasteiger partial charge in [-0.25, -0.2) is 0 Å². The van der Waals surface area contributed by atoms with Gasteiger partial charge in [-0.2, -0.15) is 5.10 Å². The van der Waals surface area contributed by atoms with Crippen LogP contribution < -0.4 is 5.32 Å². The van der Waals surface area contributed by atoms with Crippen molar-refractivity contribution in [2.45, 2.75) is 53.1 Å². The topological polar surface area (TPSA) is 33.1 Å². The van der Waals surface area contributed by atoms with Crippen LogP contribution in [0.4, 0.5) is 0 Å². The zero-order valence-corrected chi connectivity index (χ0v) is 15.2. The van der Waals surface area contributed by atoms with Gasteiger partial charge in [-0.05, 0) is 74.6 Å². The molecule has 0 spiro atoms. The molecule has 1 aromatic rings. The van der Waals surface area contributed by atoms with Gasteiger partial charge >= 0.3 is 0 Å². The van der Waals surface area contributed by atoms with Crippen LogP contribution >= 0.6 is 15.9 Å². The lowest BCUT2D eigenvalue weighted by molar-refractivity contribution is 0.196. The number of aromatic nitrogens is 2. The molecule has 0 radical (unpaired) electrons. The first kappa shape index (κ1) is 17.0. The number of aryl methyl sites for hydroxylation is 2. The van der Waals surface area contributed by atoms with Crippen molar-refractivity contribution in [3.63, 3.8) is 0 Å². The minimum atomic E-state index is 0.795. The van der Waals surface area contributed by atoms with E-state index in [2.05, 4.69) is 56.7 Å². The van der Waals surface area contributed by atoms with Gasteiger partial charge in [-0.15, -0.1) is 0 Å². The fourth-order valence-electron chi connectivity index (χ4n) is 3.23. The molecule has 1 N–H and O–H groups in total. The Morgan fingerprint density at radius 2 is 2.24 bits per heavy atom. The van der Waals surface area contributed by atoms with E-state index in [-0.39, 0.29) is 0 Å². The number of piperidine rings is 1. The van der Waals surface area contributed by atoms with Crippen LogP contribution in [0, 0.1) is 12.8 Å². The molecule has 120 valence electrons. The zero-order chi connectivity index (χ0) is 15.2. The second-order valence-electron chi connectivity index (χ2n) is 6.11. The summed E-state index contributed by atoms with van der Waals surface area (Å²) in [5, 5.41) is 8.15. The highest BCUT2D eigenvalue weighted by Crippen LogP contribution is 2.23. The van der Waals surface area contributed by atoms with Crippen molar-refractivity contribution in [3.8, 4) is 0 Å². The monoisotopic (exact) mass is 356 g/mol. The van der Waals surface area contributed by atoms with E-state index >= 15 is 0 Å². The molecule has 0 saturated carbocycles. The Bertz CT molecular complexity index is 438. The molecule has 21 heavy (non-hydrogen) atoms. The Morgan fingerprint density at radius 1 is 1.43 bits per heavy atom. The number of rotatable bonds is 7. The largest absolute Gasteiger partial charge is 0.316 e. The fraction of sp³-hybridized carbons (Fsp3) is 0.812. The van der Waals surface area contributed by atoms with E-state index in [0.717, 1.165) is 31.2 Å². The van der Waals surface area contributed by atoms with Gasteiger partial charge in [-0.1, -0.05) is 6.92 Å². The van der Waals surface area contributed by atoms with E-state index in [4.69, 9.17) is 0 Å². The molecule has 1 unspecified atom stereocenters. The van der Waals surface area contributed by atoms with E-state index in [9.17, 15) is 0 Å². The van der Waals surface area contributed by atoms with Crippen LogP contribution in [0.3, 0.4) is 0 Å². The molecule has 1 aliphatic heterocycles. The van der Waals surface area contributed by atoms with Crippen LogP contribution in [0.1, 0.15) is 44.5 Å². The summed E-state index contributed by atoms with van der Waals surface area (Å²) in [6.45, 7) is 13.2. The second-order valence-corrected chi connectivity index (χ2v) is 6.90. The third-order valence-corrected chi connectivity index (χ3v) is 5.31. The predicted octanol–water partition coefficient (Wildman–Crippen LogP) is 3.19. The van der Waals surface area contributed by atoms with Crippen LogP contribution in [0.5, 0.6) is 0 Å². The first-order chi connectivity index (χ1) is 10.2. The molecule has 1 aromatic heterocycles. The first-order valence-corrected chi connectivity index (χ1v) is 9.09. The van der Waals surface area contributed by atoms with Crippen molar-refractivity contribution in [2.75, 3.05) is 26.2 Å². The van der Waals surface area contributed by atoms with Gasteiger partial charge < -0.3 is 5.32 Å². The standard InChI is InChI=1S/C16H29BrN4/c1-4-9-20(11-14-7-6-8-18-10-14)12-15-16(17)13(3)19-21(15)5-2/h14,18H,4-12H2,1-3H3. The third kappa shape index (κ3) is 4.54. The normalized spacial score (nSPS) is 19.4. The van der Waals surface area contributed by atoms with E-state index in [1.54, 1.807) is 0 Å². The van der Waals surface area contributed by atoms with E-state index in [0.29, 0.717) is 0 Å². The lowest BCUT2D eigenvalue weighted by Crippen LogP contribution is -2.38. The van der Waals surface area contributed by atoms with Gasteiger partial charge in [0.05, 0.1) is 15.9 Å². The minimum Gasteiger partial charge on any atom is -0.316 e. The molecule has 0 aliphatic carbocycles. The summed E-state index contributed by atoms with van der Waals surface area (Å²) in [6.07, 6.45) is 3.89. The third-order valence-electron chi connectivity index (χ3n) is 4.28. The highest BCUT2D eigenvalue weighted by atomic mass is 79.9. The van der Waals surface area contributed by atoms with Crippen molar-refractivity contribution in [3.05, 3.63) is 15.9 Å². The Morgan fingerprint density at radius 3 is 2.86 bits per heavy atom. The molecular weight excluding hydrogens is 328 g/mol. The summed E-state index contributed by atoms with van der Waals surface area (Å²) in [7, 11) is 0. The maximum Gasteiger partial charge on any atom is 0.0739 e. The quantitative estimate of drug-likeness (QED) is 0.814. The molecular formula is C16H29BrN4. The molecule has 1 saturated heterocycles. The van der Waals surface area contributed by atoms with Gasteiger partial charge in [0.15, 0.2) is 0 Å². The molecule has 1 fully saturated rings. The molecule has 2 rings (SSSR count). The molecule has 4 nitrogen and oxygen atoms in total. The summed E-state index contributed by atoms with van der Waals surface area (Å²) >= 11 is 3.72. The van der Waals surface area contributed by atoms with Crippen molar-refractivity contribution >= 4 is 15.9 Å². The van der Waals surface area contributed by atoms with Crippen LogP contribution in [-0.2, 0) is 13.1 Å². The number of hydrogen-bond donors (Lipinski definition) is 1. The number of halogens is 1. The maximum atomic E-state index is 4.62. The van der Waals surface area contributed by atoms with Gasteiger partial charge in [-0.3, -0.25) is 9.58 Å². The van der Waals surface area contributed by atoms with Crippen LogP contribution in [0.2, 0.25) is 0 Å². The lowest BCUT2D eigenvalue weighted by Gasteiger charge is -2.30. The van der Waals surface area contributed by atoms with E-state index < -0.39 is 0 Å². The number of nitrogens with one attached hydrogen (secondary N) is 1. The Labute approximate surface area is 137 Å². The minimum absolute atomic E-state index is 0.795. The molecule has 5 heteroatoms. The molecule has 0 amide bonds. The smallest absolute Gasteiger partial charge is 0.0739 e. The summed E-state index contributed by atoms with van der Waals surface area (Å²) < 4.78 is 3.33. The van der Waals surface area contributed by atoms with Crippen molar-refractivity contribution in [1.29, 1.82) is 0 Å². The Balaban J connectivity index is 2.04. The average Bonchev–Trinajstić information content (AvgIpc) is 2.76. The highest BCUT2D eigenvalue weighted by Gasteiger charge is 2.20. The predicted molar refractivity (Wildman–Crippen MR) is 91.5 cm³/mol. The van der Waals surface area contributed by atoms with Gasteiger partial charge in [0, 0.05) is 19.6 Å². The van der Waals surface area contributed by atoms with Crippen LogP contribution in [-0.4, -0.2) is 40.9 Å². The molecule has 0 bridgehead atoms. The van der Waals surface area contributed by atoms with Crippen LogP contribution in [0.25, 0.3) is 0 Å². The zero-order valence-electron chi connectivity index (χ0n) is 13.7. The second kappa shape index (κ2) is 8.30. The number of hydrogen-bond acceptors (Lipinski definition) is 3. The fourth-order valence-corrected chi connectivity index (χ4v) is 3.64. The van der Waals surface area contributed by atoms with E-state index in [1.165, 1.54) is 49.1 Å². The van der Waals surface area contributed by atoms with Gasteiger partial charge in [0.2, 0.25) is 0 Å². The summed E-state index contributed by atoms with van der Waals surface area (Å²) in [6, 6.07) is 0. The molecule has 1 aliphatic rings. The number of nitrogens with zero attached hydrogens (tertiary/aromatic N) is 3. The average molecular weight is 357 g/mol. The lowest BCUT2D eigenvalue weighted by atomic mass is 9.99. The summed E-state index contributed by atoms with van der Waals surface area (Å²) in [5.74, 6) is 0.795. The van der Waals surface area contributed by atoms with E-state index in [1.807, 2.05) is 0 Å². The molecule has 2 heterocycles. The summed E-state index contributed by atoms with van der Waals surface area (Å²) in [4.78, 5) is 2.60. The molecule has 1 atom stereocenters. The Hall–Kier alpha value is -0.390. The maximum absolute atomic E-state index is 4.62. The van der Waals surface area contributed by atoms with Gasteiger partial charge in [0.1, 0.15) is 0 Å². The van der Waals surface area contributed by atoms with Crippen molar-refractivity contribution < 1.29 is 0 Å². The molecule has 0 aromatic carbocycles. The van der Waals surface area contributed by atoms with Gasteiger partial charge in [0.25, 0.3) is 0 Å². The van der Waals surface area contributed by atoms with Crippen molar-refractivity contribution in [2.24, 2.45) is 5.92 Å². The highest BCUT2D eigenvalue weighted by molar-refractivity contribution is 9.10. The van der Waals surface area contributed by atoms with Crippen LogP contribution in [0.15, 0.2) is 4.47 Å². The summed E-state index contributed by atoms with van der Waals surface area (Å²) in [5.41, 5.74) is 2.43. The Kier molecular flexibility index (Phi) is 6.71. The van der Waals surface area contributed by atoms with Crippen molar-refractivity contribution in [1.82, 2.24) is 20.0 Å².